The van der Waals surface area contributed by atoms with Gasteiger partial charge in [0.25, 0.3) is 0 Å². The van der Waals surface area contributed by atoms with Gasteiger partial charge in [-0.3, -0.25) is 14.3 Å². The highest BCUT2D eigenvalue weighted by Crippen LogP contribution is 2.05. The van der Waals surface area contributed by atoms with Crippen molar-refractivity contribution in [3.8, 4) is 0 Å². The molecule has 9 nitrogen and oxygen atoms in total. The predicted molar refractivity (Wildman–Crippen MR) is 75.3 cm³/mol. The minimum Gasteiger partial charge on any atom is -0.309 e. The number of nitrogens with one attached hydrogen (secondary N) is 2. The van der Waals surface area contributed by atoms with Crippen molar-refractivity contribution in [1.82, 2.24) is 24.8 Å². The van der Waals surface area contributed by atoms with Crippen LogP contribution in [0.5, 0.6) is 0 Å². The number of hydrogen-bond acceptors (Lipinski definition) is 5. The zero-order valence-corrected chi connectivity index (χ0v) is 12.1. The van der Waals surface area contributed by atoms with E-state index in [2.05, 4.69) is 26.0 Å². The highest BCUT2D eigenvalue weighted by Gasteiger charge is 2.11. The summed E-state index contributed by atoms with van der Waals surface area (Å²) in [7, 11) is 1.73. The molecule has 0 aliphatic rings. The van der Waals surface area contributed by atoms with Gasteiger partial charge in [0.2, 0.25) is 11.8 Å². The maximum Gasteiger partial charge on any atom is 0.247 e. The minimum absolute atomic E-state index is 0.00424. The first kappa shape index (κ1) is 14.7. The lowest BCUT2D eigenvalue weighted by Gasteiger charge is -2.04. The van der Waals surface area contributed by atoms with Gasteiger partial charge in [-0.25, -0.2) is 4.68 Å². The second kappa shape index (κ2) is 6.16. The Labute approximate surface area is 121 Å². The lowest BCUT2D eigenvalue weighted by molar-refractivity contribution is -0.119. The van der Waals surface area contributed by atoms with Crippen LogP contribution in [0.25, 0.3) is 0 Å². The Bertz CT molecular complexity index is 644. The molecule has 112 valence electrons. The van der Waals surface area contributed by atoms with Crippen LogP contribution in [0.3, 0.4) is 0 Å². The van der Waals surface area contributed by atoms with E-state index in [-0.39, 0.29) is 24.3 Å². The summed E-state index contributed by atoms with van der Waals surface area (Å²) in [6.07, 6.45) is 3.09. The van der Waals surface area contributed by atoms with E-state index in [1.807, 2.05) is 0 Å². The summed E-state index contributed by atoms with van der Waals surface area (Å²) in [6, 6.07) is 1.69. The molecule has 0 aliphatic heterocycles. The van der Waals surface area contributed by atoms with Crippen LogP contribution >= 0.6 is 0 Å². The zero-order valence-electron chi connectivity index (χ0n) is 12.1. The summed E-state index contributed by atoms with van der Waals surface area (Å²) in [5.41, 5.74) is 0. The van der Waals surface area contributed by atoms with Gasteiger partial charge in [0.05, 0.1) is 12.4 Å². The van der Waals surface area contributed by atoms with Crippen molar-refractivity contribution in [2.45, 2.75) is 20.4 Å². The minimum atomic E-state index is -0.259. The summed E-state index contributed by atoms with van der Waals surface area (Å²) in [6.45, 7) is 3.55. The molecule has 9 heteroatoms. The Morgan fingerprint density at radius 2 is 2.10 bits per heavy atom. The van der Waals surface area contributed by atoms with Crippen LogP contribution in [0.15, 0.2) is 18.5 Å². The van der Waals surface area contributed by atoms with Gasteiger partial charge in [-0.05, 0) is 0 Å². The maximum atomic E-state index is 11.8. The Balaban J connectivity index is 1.91. The molecular formula is C12H17N7O2. The molecular weight excluding hydrogens is 274 g/mol. The zero-order chi connectivity index (χ0) is 15.4. The van der Waals surface area contributed by atoms with Crippen molar-refractivity contribution in [1.29, 1.82) is 0 Å². The third-order valence-electron chi connectivity index (χ3n) is 2.71. The van der Waals surface area contributed by atoms with Crippen LogP contribution in [-0.4, -0.2) is 36.6 Å². The Kier molecular flexibility index (Phi) is 4.31. The fraction of sp³-hybridized carbons (Fsp3) is 0.417. The Hall–Kier alpha value is -2.71. The standard InChI is InChI=1S/C12H17N7O2/c1-8(2)12(21)14-9-6-19(17-16-9)7-11(20)15-10-4-5-13-18(10)3/h4-6,8H,7H2,1-3H3,(H,14,21)(H,15,20). The molecule has 0 atom stereocenters. The first-order valence-corrected chi connectivity index (χ1v) is 6.44. The van der Waals surface area contributed by atoms with E-state index >= 15 is 0 Å². The summed E-state index contributed by atoms with van der Waals surface area (Å²) in [4.78, 5) is 23.4. The number of amides is 2. The van der Waals surface area contributed by atoms with Crippen LogP contribution in [0.2, 0.25) is 0 Å². The topological polar surface area (TPSA) is 107 Å². The lowest BCUT2D eigenvalue weighted by atomic mass is 10.2. The van der Waals surface area contributed by atoms with Crippen LogP contribution in [0, 0.1) is 5.92 Å². The normalized spacial score (nSPS) is 10.7. The predicted octanol–water partition coefficient (Wildman–Crippen LogP) is 0.245. The highest BCUT2D eigenvalue weighted by atomic mass is 16.2. The second-order valence-corrected chi connectivity index (χ2v) is 4.83. The molecule has 0 saturated heterocycles. The van der Waals surface area contributed by atoms with Crippen LogP contribution in [-0.2, 0) is 23.2 Å². The van der Waals surface area contributed by atoms with Gasteiger partial charge in [0, 0.05) is 19.0 Å². The van der Waals surface area contributed by atoms with Gasteiger partial charge in [0.1, 0.15) is 12.4 Å². The van der Waals surface area contributed by atoms with Crippen molar-refractivity contribution in [3.63, 3.8) is 0 Å². The summed E-state index contributed by atoms with van der Waals surface area (Å²) in [5.74, 6) is 0.352. The van der Waals surface area contributed by atoms with Crippen LogP contribution in [0.1, 0.15) is 13.8 Å². The second-order valence-electron chi connectivity index (χ2n) is 4.83. The van der Waals surface area contributed by atoms with Crippen molar-refractivity contribution < 1.29 is 9.59 Å². The molecule has 2 heterocycles. The van der Waals surface area contributed by atoms with Gasteiger partial charge in [-0.2, -0.15) is 5.10 Å². The molecule has 0 unspecified atom stereocenters. The highest BCUT2D eigenvalue weighted by molar-refractivity contribution is 5.91. The first-order chi connectivity index (χ1) is 9.95. The fourth-order valence-corrected chi connectivity index (χ4v) is 1.53. The molecule has 0 aromatic carbocycles. The average molecular weight is 291 g/mol. The van der Waals surface area contributed by atoms with Gasteiger partial charge in [-0.1, -0.05) is 19.1 Å². The van der Waals surface area contributed by atoms with E-state index in [0.717, 1.165) is 0 Å². The maximum absolute atomic E-state index is 11.8. The van der Waals surface area contributed by atoms with Crippen molar-refractivity contribution in [2.75, 3.05) is 10.6 Å². The number of nitrogens with zero attached hydrogens (tertiary/aromatic N) is 5. The molecule has 2 amide bonds. The third-order valence-corrected chi connectivity index (χ3v) is 2.71. The fourth-order valence-electron chi connectivity index (χ4n) is 1.53. The Morgan fingerprint density at radius 3 is 2.71 bits per heavy atom. The molecule has 21 heavy (non-hydrogen) atoms. The molecule has 0 spiro atoms. The SMILES string of the molecule is CC(C)C(=O)Nc1cn(CC(=O)Nc2ccnn2C)nn1. The molecule has 0 radical (unpaired) electrons. The molecule has 0 bridgehead atoms. The van der Waals surface area contributed by atoms with Crippen molar-refractivity contribution in [3.05, 3.63) is 18.5 Å². The number of aromatic nitrogens is 5. The van der Waals surface area contributed by atoms with Gasteiger partial charge >= 0.3 is 0 Å². The van der Waals surface area contributed by atoms with Gasteiger partial charge in [-0.15, -0.1) is 5.10 Å². The molecule has 2 N–H and O–H groups in total. The molecule has 0 saturated carbocycles. The largest absolute Gasteiger partial charge is 0.309 e. The van der Waals surface area contributed by atoms with Crippen molar-refractivity contribution >= 4 is 23.5 Å². The third kappa shape index (κ3) is 3.88. The lowest BCUT2D eigenvalue weighted by Crippen LogP contribution is -2.20. The average Bonchev–Trinajstić information content (AvgIpc) is 3.00. The smallest absolute Gasteiger partial charge is 0.247 e. The molecule has 0 fully saturated rings. The molecule has 2 aromatic rings. The molecule has 2 rings (SSSR count). The molecule has 2 aromatic heterocycles. The van der Waals surface area contributed by atoms with E-state index < -0.39 is 0 Å². The van der Waals surface area contributed by atoms with E-state index in [1.165, 1.54) is 10.9 Å². The quantitative estimate of drug-likeness (QED) is 0.821. The van der Waals surface area contributed by atoms with Crippen LogP contribution in [0.4, 0.5) is 11.6 Å². The van der Waals surface area contributed by atoms with E-state index in [0.29, 0.717) is 11.6 Å². The van der Waals surface area contributed by atoms with E-state index in [4.69, 9.17) is 0 Å². The monoisotopic (exact) mass is 291 g/mol. The summed E-state index contributed by atoms with van der Waals surface area (Å²) < 4.78 is 2.90. The van der Waals surface area contributed by atoms with Gasteiger partial charge in [0.15, 0.2) is 5.82 Å². The number of carbonyl (C=O) groups is 2. The number of carbonyl (C=O) groups excluding carboxylic acids is 2. The van der Waals surface area contributed by atoms with E-state index in [1.54, 1.807) is 37.8 Å². The Morgan fingerprint density at radius 1 is 1.33 bits per heavy atom. The number of aryl methyl sites for hydroxylation is 1. The molecule has 0 aliphatic carbocycles. The first-order valence-electron chi connectivity index (χ1n) is 6.44. The van der Waals surface area contributed by atoms with Crippen molar-refractivity contribution in [2.24, 2.45) is 13.0 Å². The number of hydrogen-bond donors (Lipinski definition) is 2. The summed E-state index contributed by atoms with van der Waals surface area (Å²) in [5, 5.41) is 16.8. The van der Waals surface area contributed by atoms with E-state index in [9.17, 15) is 9.59 Å². The number of anilines is 2. The van der Waals surface area contributed by atoms with Gasteiger partial charge < -0.3 is 10.6 Å². The number of rotatable bonds is 5. The van der Waals surface area contributed by atoms with Crippen LogP contribution < -0.4 is 10.6 Å². The summed E-state index contributed by atoms with van der Waals surface area (Å²) >= 11 is 0.